The van der Waals surface area contributed by atoms with Crippen LogP contribution in [0.1, 0.15) is 45.1 Å². The summed E-state index contributed by atoms with van der Waals surface area (Å²) in [6, 6.07) is 5.12. The van der Waals surface area contributed by atoms with E-state index in [1.807, 2.05) is 22.7 Å². The zero-order chi connectivity index (χ0) is 13.4. The summed E-state index contributed by atoms with van der Waals surface area (Å²) in [5, 5.41) is 3.64. The first kappa shape index (κ1) is 13.8. The van der Waals surface area contributed by atoms with E-state index in [0.717, 1.165) is 6.54 Å². The van der Waals surface area contributed by atoms with Crippen LogP contribution in [0.2, 0.25) is 0 Å². The molecular weight excluding hydrogens is 338 g/mol. The van der Waals surface area contributed by atoms with Crippen molar-refractivity contribution in [3.63, 3.8) is 0 Å². The first-order valence-electron chi connectivity index (χ1n) is 6.79. The van der Waals surface area contributed by atoms with Crippen molar-refractivity contribution in [1.82, 2.24) is 5.32 Å². The molecule has 1 aliphatic rings. The van der Waals surface area contributed by atoms with Crippen LogP contribution < -0.4 is 5.32 Å². The Bertz CT molecular complexity index is 544. The van der Waals surface area contributed by atoms with Crippen molar-refractivity contribution in [1.29, 1.82) is 0 Å². The van der Waals surface area contributed by atoms with Gasteiger partial charge in [0.05, 0.1) is 9.83 Å². The summed E-state index contributed by atoms with van der Waals surface area (Å²) in [4.78, 5) is 4.52. The van der Waals surface area contributed by atoms with E-state index in [4.69, 9.17) is 0 Å². The van der Waals surface area contributed by atoms with Gasteiger partial charge in [-0.15, -0.1) is 22.7 Å². The Morgan fingerprint density at radius 3 is 2.68 bits per heavy atom. The van der Waals surface area contributed by atoms with E-state index in [1.54, 1.807) is 10.4 Å². The lowest BCUT2D eigenvalue weighted by Crippen LogP contribution is -2.20. The molecule has 1 nitrogen and oxygen atoms in total. The van der Waals surface area contributed by atoms with Gasteiger partial charge in [-0.25, -0.2) is 0 Å². The van der Waals surface area contributed by atoms with Gasteiger partial charge in [-0.1, -0.05) is 6.92 Å². The number of rotatable bonds is 4. The number of halogens is 1. The highest BCUT2D eigenvalue weighted by Gasteiger charge is 2.22. The van der Waals surface area contributed by atoms with Crippen molar-refractivity contribution in [2.45, 2.75) is 39.2 Å². The van der Waals surface area contributed by atoms with Crippen molar-refractivity contribution in [3.8, 4) is 0 Å². The Hall–Kier alpha value is -0.160. The van der Waals surface area contributed by atoms with Crippen molar-refractivity contribution in [3.05, 3.63) is 41.7 Å². The van der Waals surface area contributed by atoms with Gasteiger partial charge in [0.25, 0.3) is 0 Å². The average Bonchev–Trinajstić information content (AvgIpc) is 3.02. The molecule has 1 N–H and O–H groups in total. The second kappa shape index (κ2) is 5.68. The van der Waals surface area contributed by atoms with Crippen LogP contribution in [0.15, 0.2) is 15.9 Å². The first-order chi connectivity index (χ1) is 9.19. The third-order valence-electron chi connectivity index (χ3n) is 3.62. The summed E-state index contributed by atoms with van der Waals surface area (Å²) in [6.45, 7) is 5.35. The summed E-state index contributed by atoms with van der Waals surface area (Å²) in [5.41, 5.74) is 2.93. The third kappa shape index (κ3) is 2.68. The van der Waals surface area contributed by atoms with Crippen LogP contribution in [0.25, 0.3) is 0 Å². The molecule has 102 valence electrons. The van der Waals surface area contributed by atoms with Crippen molar-refractivity contribution in [2.75, 3.05) is 6.54 Å². The SMILES string of the molecule is CCNC(c1cc(C)c(Br)s1)c1cc2c(s1)CCC2. The van der Waals surface area contributed by atoms with Gasteiger partial charge in [-0.05, 0) is 71.9 Å². The zero-order valence-corrected chi connectivity index (χ0v) is 14.5. The maximum Gasteiger partial charge on any atom is 0.0765 e. The molecule has 19 heavy (non-hydrogen) atoms. The lowest BCUT2D eigenvalue weighted by atomic mass is 10.1. The van der Waals surface area contributed by atoms with Gasteiger partial charge in [0.15, 0.2) is 0 Å². The van der Waals surface area contributed by atoms with Gasteiger partial charge < -0.3 is 5.32 Å². The van der Waals surface area contributed by atoms with Crippen LogP contribution in [-0.2, 0) is 12.8 Å². The van der Waals surface area contributed by atoms with Crippen molar-refractivity contribution in [2.24, 2.45) is 0 Å². The summed E-state index contributed by atoms with van der Waals surface area (Å²) in [5.74, 6) is 0. The largest absolute Gasteiger partial charge is 0.305 e. The highest BCUT2D eigenvalue weighted by atomic mass is 79.9. The van der Waals surface area contributed by atoms with E-state index in [1.165, 1.54) is 38.4 Å². The molecule has 0 spiro atoms. The van der Waals surface area contributed by atoms with Gasteiger partial charge in [0.2, 0.25) is 0 Å². The molecule has 0 bridgehead atoms. The molecule has 1 atom stereocenters. The minimum absolute atomic E-state index is 0.371. The van der Waals surface area contributed by atoms with Gasteiger partial charge >= 0.3 is 0 Å². The molecule has 2 aromatic rings. The zero-order valence-electron chi connectivity index (χ0n) is 11.3. The van der Waals surface area contributed by atoms with Crippen molar-refractivity contribution < 1.29 is 0 Å². The standard InChI is InChI=1S/C15H18BrNS2/c1-3-17-14(12-7-9(2)15(16)19-12)13-8-10-5-4-6-11(10)18-13/h7-8,14,17H,3-6H2,1-2H3. The Kier molecular flexibility index (Phi) is 4.13. The van der Waals surface area contributed by atoms with E-state index in [-0.39, 0.29) is 0 Å². The topological polar surface area (TPSA) is 12.0 Å². The predicted octanol–water partition coefficient (Wildman–Crippen LogP) is 5.07. The second-order valence-corrected chi connectivity index (χ2v) is 8.62. The lowest BCUT2D eigenvalue weighted by molar-refractivity contribution is 0.648. The summed E-state index contributed by atoms with van der Waals surface area (Å²) < 4.78 is 1.26. The maximum absolute atomic E-state index is 3.65. The van der Waals surface area contributed by atoms with Gasteiger partial charge in [0, 0.05) is 14.6 Å². The predicted molar refractivity (Wildman–Crippen MR) is 88.6 cm³/mol. The fourth-order valence-corrected chi connectivity index (χ4v) is 5.76. The molecule has 4 heteroatoms. The number of fused-ring (bicyclic) bond motifs is 1. The van der Waals surface area contributed by atoms with E-state index in [0.29, 0.717) is 6.04 Å². The van der Waals surface area contributed by atoms with Crippen LogP contribution in [0, 0.1) is 6.92 Å². The molecule has 1 unspecified atom stereocenters. The van der Waals surface area contributed by atoms with Crippen LogP contribution >= 0.6 is 38.6 Å². The summed E-state index contributed by atoms with van der Waals surface area (Å²) >= 11 is 7.51. The third-order valence-corrected chi connectivity index (χ3v) is 7.12. The van der Waals surface area contributed by atoms with Gasteiger partial charge in [-0.2, -0.15) is 0 Å². The Labute approximate surface area is 131 Å². The van der Waals surface area contributed by atoms with Crippen LogP contribution in [0.3, 0.4) is 0 Å². The molecule has 0 fully saturated rings. The molecule has 1 aliphatic carbocycles. The molecular formula is C15H18BrNS2. The lowest BCUT2D eigenvalue weighted by Gasteiger charge is -2.14. The van der Waals surface area contributed by atoms with E-state index in [2.05, 4.69) is 47.2 Å². The number of nitrogens with one attached hydrogen (secondary N) is 1. The highest BCUT2D eigenvalue weighted by Crippen LogP contribution is 2.39. The Morgan fingerprint density at radius 1 is 1.26 bits per heavy atom. The number of aryl methyl sites for hydroxylation is 3. The van der Waals surface area contributed by atoms with Gasteiger partial charge in [-0.3, -0.25) is 0 Å². The fraction of sp³-hybridized carbons (Fsp3) is 0.467. The minimum Gasteiger partial charge on any atom is -0.305 e. The average molecular weight is 356 g/mol. The molecule has 0 aliphatic heterocycles. The van der Waals surface area contributed by atoms with Crippen LogP contribution in [-0.4, -0.2) is 6.54 Å². The smallest absolute Gasteiger partial charge is 0.0765 e. The number of hydrogen-bond acceptors (Lipinski definition) is 3. The van der Waals surface area contributed by atoms with E-state index in [9.17, 15) is 0 Å². The molecule has 0 aromatic carbocycles. The highest BCUT2D eigenvalue weighted by molar-refractivity contribution is 9.11. The van der Waals surface area contributed by atoms with Gasteiger partial charge in [0.1, 0.15) is 0 Å². The number of hydrogen-bond donors (Lipinski definition) is 1. The molecule has 0 saturated carbocycles. The summed E-state index contributed by atoms with van der Waals surface area (Å²) in [7, 11) is 0. The molecule has 0 amide bonds. The monoisotopic (exact) mass is 355 g/mol. The molecule has 0 saturated heterocycles. The second-order valence-electron chi connectivity index (χ2n) is 5.05. The van der Waals surface area contributed by atoms with Crippen molar-refractivity contribution >= 4 is 38.6 Å². The fourth-order valence-electron chi connectivity index (χ4n) is 2.67. The van der Waals surface area contributed by atoms with E-state index >= 15 is 0 Å². The Balaban J connectivity index is 1.95. The molecule has 0 radical (unpaired) electrons. The maximum atomic E-state index is 3.65. The van der Waals surface area contributed by atoms with Crippen LogP contribution in [0.5, 0.6) is 0 Å². The number of thiophene rings is 2. The minimum atomic E-state index is 0.371. The molecule has 2 heterocycles. The Morgan fingerprint density at radius 2 is 2.05 bits per heavy atom. The van der Waals surface area contributed by atoms with Crippen LogP contribution in [0.4, 0.5) is 0 Å². The normalized spacial score (nSPS) is 15.7. The molecule has 3 rings (SSSR count). The summed E-state index contributed by atoms with van der Waals surface area (Å²) in [6.07, 6.45) is 3.90. The molecule has 2 aromatic heterocycles. The first-order valence-corrected chi connectivity index (χ1v) is 9.22. The van der Waals surface area contributed by atoms with E-state index < -0.39 is 0 Å². The quantitative estimate of drug-likeness (QED) is 0.807.